The zero-order chi connectivity index (χ0) is 51.2. The van der Waals surface area contributed by atoms with Gasteiger partial charge in [-0.05, 0) is 123 Å². The third-order valence-electron chi connectivity index (χ3n) is 11.3. The number of aromatic carboxylic acids is 4. The van der Waals surface area contributed by atoms with Crippen molar-refractivity contribution in [2.45, 2.75) is 51.4 Å². The van der Waals surface area contributed by atoms with Crippen molar-refractivity contribution in [2.75, 3.05) is 26.4 Å². The Morgan fingerprint density at radius 1 is 0.361 bits per heavy atom. The molecule has 0 aliphatic carbocycles. The maximum atomic E-state index is 12.7. The van der Waals surface area contributed by atoms with E-state index in [9.17, 15) is 49.2 Å². The summed E-state index contributed by atoms with van der Waals surface area (Å²) in [6, 6.07) is 37.3. The Labute approximate surface area is 416 Å². The highest BCUT2D eigenvalue weighted by molar-refractivity contribution is 6.09. The highest BCUT2D eigenvalue weighted by Gasteiger charge is 2.30. The quantitative estimate of drug-likeness (QED) is 0.0195. The summed E-state index contributed by atoms with van der Waals surface area (Å²) < 4.78 is 23.9. The second-order valence-electron chi connectivity index (χ2n) is 16.4. The van der Waals surface area contributed by atoms with Crippen molar-refractivity contribution in [3.63, 3.8) is 0 Å². The Balaban J connectivity index is 1.03. The molecule has 0 heterocycles. The van der Waals surface area contributed by atoms with E-state index in [1.165, 1.54) is 24.3 Å². The van der Waals surface area contributed by atoms with Crippen LogP contribution in [0.4, 0.5) is 0 Å². The lowest BCUT2D eigenvalue weighted by atomic mass is 9.93. The zero-order valence-electron chi connectivity index (χ0n) is 39.4. The van der Waals surface area contributed by atoms with E-state index in [0.29, 0.717) is 74.4 Å². The van der Waals surface area contributed by atoms with Gasteiger partial charge in [0.1, 0.15) is 34.1 Å². The van der Waals surface area contributed by atoms with E-state index in [1.807, 2.05) is 84.9 Å². The molecule has 0 spiro atoms. The predicted octanol–water partition coefficient (Wildman–Crippen LogP) is 12.0. The molecule has 14 heteroatoms. The highest BCUT2D eigenvalue weighted by Crippen LogP contribution is 2.43. The van der Waals surface area contributed by atoms with Crippen LogP contribution in [-0.4, -0.2) is 82.3 Å². The van der Waals surface area contributed by atoms with Gasteiger partial charge < -0.3 is 39.4 Å². The average Bonchev–Trinajstić information content (AvgIpc) is 3.39. The maximum absolute atomic E-state index is 12.7. The van der Waals surface area contributed by atoms with Gasteiger partial charge in [-0.2, -0.15) is 0 Å². The van der Waals surface area contributed by atoms with E-state index < -0.39 is 46.1 Å². The Morgan fingerprint density at radius 3 is 1.01 bits per heavy atom. The van der Waals surface area contributed by atoms with Crippen molar-refractivity contribution in [2.24, 2.45) is 0 Å². The van der Waals surface area contributed by atoms with Gasteiger partial charge in [0.2, 0.25) is 0 Å². The van der Waals surface area contributed by atoms with Gasteiger partial charge in [0, 0.05) is 22.3 Å². The number of hydrogen-bond donors (Lipinski definition) is 4. The fraction of sp³-hybridized carbons (Fsp3) is 0.207. The van der Waals surface area contributed by atoms with Crippen LogP contribution in [0.25, 0.3) is 23.3 Å². The lowest BCUT2D eigenvalue weighted by Gasteiger charge is -2.20. The van der Waals surface area contributed by atoms with Crippen molar-refractivity contribution in [3.05, 3.63) is 190 Å². The minimum absolute atomic E-state index is 0.00594. The number of unbranched alkanes of at least 4 members (excludes halogenated alkanes) is 6. The van der Waals surface area contributed by atoms with Crippen LogP contribution >= 0.6 is 0 Å². The Morgan fingerprint density at radius 2 is 0.694 bits per heavy atom. The molecule has 72 heavy (non-hydrogen) atoms. The molecular weight excluding hydrogens is 921 g/mol. The van der Waals surface area contributed by atoms with E-state index in [1.54, 1.807) is 36.4 Å². The molecule has 14 nitrogen and oxygen atoms in total. The summed E-state index contributed by atoms with van der Waals surface area (Å²) in [5.41, 5.74) is 0.463. The molecule has 6 rings (SSSR count). The minimum Gasteiger partial charge on any atom is -0.494 e. The van der Waals surface area contributed by atoms with E-state index >= 15 is 0 Å². The molecule has 0 fully saturated rings. The van der Waals surface area contributed by atoms with E-state index in [0.717, 1.165) is 36.1 Å². The molecule has 0 aliphatic heterocycles. The second kappa shape index (κ2) is 26.8. The number of carboxylic acids is 4. The van der Waals surface area contributed by atoms with Crippen molar-refractivity contribution in [1.29, 1.82) is 0 Å². The normalized spacial score (nSPS) is 11.1. The fourth-order valence-corrected chi connectivity index (χ4v) is 7.61. The van der Waals surface area contributed by atoms with Crippen LogP contribution in [0.5, 0.6) is 23.0 Å². The average molecular weight is 975 g/mol. The van der Waals surface area contributed by atoms with Gasteiger partial charge in [0.15, 0.2) is 11.6 Å². The van der Waals surface area contributed by atoms with Gasteiger partial charge in [-0.25, -0.2) is 19.2 Å². The van der Waals surface area contributed by atoms with Gasteiger partial charge in [0.05, 0.1) is 37.6 Å². The second-order valence-corrected chi connectivity index (χ2v) is 16.4. The number of ether oxygens (including phenoxy) is 4. The molecule has 370 valence electrons. The number of ketones is 2. The third kappa shape index (κ3) is 15.1. The van der Waals surface area contributed by atoms with Crippen LogP contribution in [0.1, 0.15) is 125 Å². The minimum atomic E-state index is -1.60. The van der Waals surface area contributed by atoms with Crippen molar-refractivity contribution < 1.29 is 68.1 Å². The molecule has 0 aromatic heterocycles. The molecule has 0 unspecified atom stereocenters. The predicted molar refractivity (Wildman–Crippen MR) is 271 cm³/mol. The molecule has 0 saturated heterocycles. The molecular formula is C58H54O14. The summed E-state index contributed by atoms with van der Waals surface area (Å²) in [4.78, 5) is 74.6. The molecule has 6 aromatic carbocycles. The Bertz CT molecular complexity index is 2690. The molecule has 4 N–H and O–H groups in total. The van der Waals surface area contributed by atoms with Crippen molar-refractivity contribution in [1.82, 2.24) is 0 Å². The van der Waals surface area contributed by atoms with Gasteiger partial charge in [-0.1, -0.05) is 97.1 Å². The van der Waals surface area contributed by atoms with Crippen LogP contribution in [0.15, 0.2) is 146 Å². The summed E-state index contributed by atoms with van der Waals surface area (Å²) in [5.74, 6) is -5.78. The Hall–Kier alpha value is -8.78. The van der Waals surface area contributed by atoms with Crippen LogP contribution in [0, 0.1) is 0 Å². The molecule has 6 aromatic rings. The number of rotatable bonds is 29. The molecule has 0 saturated carbocycles. The lowest BCUT2D eigenvalue weighted by molar-refractivity contribution is 0.0647. The SMILES string of the molecule is O=C(/C=C/c1ccc(OCCCCCCOc2c(-c3ccc(C(=O)O)c(C(=O)O)c3OCCCCCCOc3ccc(/C=C/C(=O)c4ccccc4)cc3)ccc(C(=O)O)c2C(=O)O)cc1)c1ccccc1. The number of allylic oxidation sites excluding steroid dienone is 2. The molecule has 0 amide bonds. The van der Waals surface area contributed by atoms with Gasteiger partial charge in [-0.3, -0.25) is 9.59 Å². The smallest absolute Gasteiger partial charge is 0.340 e. The standard InChI is InChI=1S/C58H54O14/c59-49(41-15-7-5-8-16-41)33-23-39-19-25-43(26-20-39)69-35-11-1-3-13-37-71-53-45(29-31-47(55(61)62)51(53)57(65)66)46-30-32-48(56(63)64)52(58(67)68)54(46)72-38-14-4-2-12-36-70-44-27-21-40(22-28-44)24-34-50(60)42-17-9-6-10-18-42/h5-10,15-34H,1-4,11-14,35-38H2,(H,61,62)(H,63,64)(H,65,66)(H,67,68)/b33-23+,34-24+. The summed E-state index contributed by atoms with van der Waals surface area (Å²) in [6.07, 6.45) is 11.5. The fourth-order valence-electron chi connectivity index (χ4n) is 7.61. The molecule has 0 aliphatic rings. The summed E-state index contributed by atoms with van der Waals surface area (Å²) in [5, 5.41) is 40.5. The highest BCUT2D eigenvalue weighted by atomic mass is 16.5. The molecule has 0 radical (unpaired) electrons. The van der Waals surface area contributed by atoms with Crippen LogP contribution < -0.4 is 18.9 Å². The Kier molecular flexibility index (Phi) is 19.6. The summed E-state index contributed by atoms with van der Waals surface area (Å²) >= 11 is 0. The maximum Gasteiger partial charge on any atom is 0.340 e. The number of benzene rings is 6. The molecule has 0 bridgehead atoms. The number of hydrogen-bond acceptors (Lipinski definition) is 10. The first-order valence-corrected chi connectivity index (χ1v) is 23.4. The molecule has 0 atom stereocenters. The van der Waals surface area contributed by atoms with E-state index in [4.69, 9.17) is 18.9 Å². The summed E-state index contributed by atoms with van der Waals surface area (Å²) in [7, 11) is 0. The van der Waals surface area contributed by atoms with Gasteiger partial charge >= 0.3 is 23.9 Å². The number of carbonyl (C=O) groups excluding carboxylic acids is 2. The zero-order valence-corrected chi connectivity index (χ0v) is 39.4. The topological polar surface area (TPSA) is 220 Å². The van der Waals surface area contributed by atoms with Gasteiger partial charge in [-0.15, -0.1) is 0 Å². The van der Waals surface area contributed by atoms with Crippen LogP contribution in [0.3, 0.4) is 0 Å². The van der Waals surface area contributed by atoms with E-state index in [-0.39, 0.29) is 47.4 Å². The summed E-state index contributed by atoms with van der Waals surface area (Å²) in [6.45, 7) is 0.778. The van der Waals surface area contributed by atoms with Crippen LogP contribution in [-0.2, 0) is 0 Å². The van der Waals surface area contributed by atoms with Crippen LogP contribution in [0.2, 0.25) is 0 Å². The lowest BCUT2D eigenvalue weighted by Crippen LogP contribution is -2.15. The first kappa shape index (κ1) is 52.6. The third-order valence-corrected chi connectivity index (χ3v) is 11.3. The van der Waals surface area contributed by atoms with Crippen molar-refractivity contribution in [3.8, 4) is 34.1 Å². The monoisotopic (exact) mass is 974 g/mol. The first-order chi connectivity index (χ1) is 34.9. The largest absolute Gasteiger partial charge is 0.494 e. The first-order valence-electron chi connectivity index (χ1n) is 23.4. The van der Waals surface area contributed by atoms with Crippen molar-refractivity contribution >= 4 is 47.6 Å². The van der Waals surface area contributed by atoms with E-state index in [2.05, 4.69) is 0 Å². The number of carboxylic acid groups (broad SMARTS) is 4. The number of carbonyl (C=O) groups is 6. The van der Waals surface area contributed by atoms with Gasteiger partial charge in [0.25, 0.3) is 0 Å².